The second-order valence-corrected chi connectivity index (χ2v) is 6.29. The van der Waals surface area contributed by atoms with Crippen molar-refractivity contribution in [3.8, 4) is 0 Å². The van der Waals surface area contributed by atoms with Gasteiger partial charge in [0.25, 0.3) is 0 Å². The van der Waals surface area contributed by atoms with Gasteiger partial charge in [-0.1, -0.05) is 18.7 Å². The number of carboxylic acid groups (broad SMARTS) is 1. The van der Waals surface area contributed by atoms with Crippen molar-refractivity contribution in [3.05, 3.63) is 18.3 Å². The molecule has 6 heteroatoms. The molecule has 0 aliphatic heterocycles. The molecule has 0 saturated heterocycles. The van der Waals surface area contributed by atoms with E-state index in [1.54, 1.807) is 6.20 Å². The van der Waals surface area contributed by atoms with E-state index in [9.17, 15) is 4.79 Å². The minimum Gasteiger partial charge on any atom is -0.481 e. The Labute approximate surface area is 121 Å². The van der Waals surface area contributed by atoms with Gasteiger partial charge in [0.05, 0.1) is 5.75 Å². The van der Waals surface area contributed by atoms with Gasteiger partial charge in [0.1, 0.15) is 5.52 Å². The maximum Gasteiger partial charge on any atom is 0.313 e. The van der Waals surface area contributed by atoms with Crippen LogP contribution >= 0.6 is 11.8 Å². The van der Waals surface area contributed by atoms with Gasteiger partial charge in [0.2, 0.25) is 0 Å². The highest BCUT2D eigenvalue weighted by molar-refractivity contribution is 7.99. The Morgan fingerprint density at radius 1 is 1.60 bits per heavy atom. The molecule has 0 radical (unpaired) electrons. The van der Waals surface area contributed by atoms with E-state index in [4.69, 9.17) is 5.11 Å². The van der Waals surface area contributed by atoms with Crippen molar-refractivity contribution in [2.24, 2.45) is 11.8 Å². The lowest BCUT2D eigenvalue weighted by atomic mass is 10.1. The van der Waals surface area contributed by atoms with Gasteiger partial charge >= 0.3 is 5.97 Å². The van der Waals surface area contributed by atoms with E-state index in [1.165, 1.54) is 24.6 Å². The number of fused-ring (bicyclic) bond motifs is 1. The zero-order valence-corrected chi connectivity index (χ0v) is 12.1. The van der Waals surface area contributed by atoms with Gasteiger partial charge < -0.3 is 9.67 Å². The molecule has 2 aromatic rings. The minimum absolute atomic E-state index is 0.0289. The summed E-state index contributed by atoms with van der Waals surface area (Å²) in [5, 5.41) is 9.61. The molecule has 3 rings (SSSR count). The standard InChI is InChI=1S/C14H17N3O2S/c1-9(10-4-5-10)7-17-13-11(3-2-6-15-13)16-14(17)20-8-12(18)19/h2-3,6,9-10H,4-5,7-8H2,1H3,(H,18,19). The maximum absolute atomic E-state index is 10.8. The van der Waals surface area contributed by atoms with E-state index in [1.807, 2.05) is 12.1 Å². The molecule has 2 heterocycles. The molecule has 1 fully saturated rings. The first-order chi connectivity index (χ1) is 9.65. The van der Waals surface area contributed by atoms with Crippen LogP contribution < -0.4 is 0 Å². The van der Waals surface area contributed by atoms with Gasteiger partial charge in [0.15, 0.2) is 10.8 Å². The number of nitrogens with zero attached hydrogens (tertiary/aromatic N) is 3. The van der Waals surface area contributed by atoms with E-state index in [2.05, 4.69) is 21.5 Å². The summed E-state index contributed by atoms with van der Waals surface area (Å²) in [7, 11) is 0. The summed E-state index contributed by atoms with van der Waals surface area (Å²) in [4.78, 5) is 19.7. The summed E-state index contributed by atoms with van der Waals surface area (Å²) in [5.74, 6) is 0.588. The number of aliphatic carboxylic acids is 1. The van der Waals surface area contributed by atoms with Crippen molar-refractivity contribution in [1.29, 1.82) is 0 Å². The summed E-state index contributed by atoms with van der Waals surface area (Å²) in [5.41, 5.74) is 1.69. The van der Waals surface area contributed by atoms with E-state index in [0.717, 1.165) is 28.8 Å². The van der Waals surface area contributed by atoms with Crippen molar-refractivity contribution in [3.63, 3.8) is 0 Å². The van der Waals surface area contributed by atoms with Crippen LogP contribution in [-0.4, -0.2) is 31.4 Å². The van der Waals surface area contributed by atoms with Crippen molar-refractivity contribution in [2.75, 3.05) is 5.75 Å². The van der Waals surface area contributed by atoms with E-state index in [0.29, 0.717) is 5.92 Å². The average molecular weight is 291 g/mol. The SMILES string of the molecule is CC(Cn1c(SCC(=O)O)nc2cccnc21)C1CC1. The van der Waals surface area contributed by atoms with Crippen LogP contribution in [0.25, 0.3) is 11.2 Å². The Bertz CT molecular complexity index is 636. The number of imidazole rings is 1. The van der Waals surface area contributed by atoms with Crippen molar-refractivity contribution < 1.29 is 9.90 Å². The summed E-state index contributed by atoms with van der Waals surface area (Å²) in [6.07, 6.45) is 4.37. The van der Waals surface area contributed by atoms with Crippen LogP contribution in [0.3, 0.4) is 0 Å². The second-order valence-electron chi connectivity index (χ2n) is 5.35. The Morgan fingerprint density at radius 3 is 3.10 bits per heavy atom. The third kappa shape index (κ3) is 2.80. The number of hydrogen-bond acceptors (Lipinski definition) is 4. The first kappa shape index (κ1) is 13.4. The predicted octanol–water partition coefficient (Wildman–Crippen LogP) is 2.65. The molecule has 106 valence electrons. The molecular formula is C14H17N3O2S. The number of hydrogen-bond donors (Lipinski definition) is 1. The molecule has 0 amide bonds. The lowest BCUT2D eigenvalue weighted by Crippen LogP contribution is -2.11. The molecule has 1 saturated carbocycles. The minimum atomic E-state index is -0.822. The lowest BCUT2D eigenvalue weighted by Gasteiger charge is -2.13. The highest BCUT2D eigenvalue weighted by Crippen LogP contribution is 2.38. The normalized spacial score (nSPS) is 16.4. The molecule has 1 aliphatic rings. The predicted molar refractivity (Wildman–Crippen MR) is 77.8 cm³/mol. The third-order valence-electron chi connectivity index (χ3n) is 3.69. The van der Waals surface area contributed by atoms with Crippen molar-refractivity contribution >= 4 is 28.9 Å². The van der Waals surface area contributed by atoms with Crippen molar-refractivity contribution in [1.82, 2.24) is 14.5 Å². The molecule has 0 aromatic carbocycles. The van der Waals surface area contributed by atoms with Crippen LogP contribution in [0.1, 0.15) is 19.8 Å². The van der Waals surface area contributed by atoms with Gasteiger partial charge in [-0.05, 0) is 36.8 Å². The number of thioether (sulfide) groups is 1. The van der Waals surface area contributed by atoms with Gasteiger partial charge in [-0.25, -0.2) is 9.97 Å². The van der Waals surface area contributed by atoms with Crippen LogP contribution in [0, 0.1) is 11.8 Å². The summed E-state index contributed by atoms with van der Waals surface area (Å²) < 4.78 is 2.08. The number of rotatable bonds is 6. The quantitative estimate of drug-likeness (QED) is 0.829. The molecule has 20 heavy (non-hydrogen) atoms. The fourth-order valence-corrected chi connectivity index (χ4v) is 3.17. The van der Waals surface area contributed by atoms with Crippen LogP contribution in [0.15, 0.2) is 23.5 Å². The molecule has 1 aliphatic carbocycles. The molecule has 2 aromatic heterocycles. The Hall–Kier alpha value is -1.56. The molecular weight excluding hydrogens is 274 g/mol. The molecule has 0 spiro atoms. The highest BCUT2D eigenvalue weighted by Gasteiger charge is 2.29. The first-order valence-corrected chi connectivity index (χ1v) is 7.79. The van der Waals surface area contributed by atoms with Gasteiger partial charge in [0, 0.05) is 12.7 Å². The number of pyridine rings is 1. The monoisotopic (exact) mass is 291 g/mol. The zero-order valence-electron chi connectivity index (χ0n) is 11.3. The van der Waals surface area contributed by atoms with Gasteiger partial charge in [-0.3, -0.25) is 4.79 Å². The van der Waals surface area contributed by atoms with Crippen LogP contribution in [0.5, 0.6) is 0 Å². The highest BCUT2D eigenvalue weighted by atomic mass is 32.2. The molecule has 0 bridgehead atoms. The molecule has 1 N–H and O–H groups in total. The lowest BCUT2D eigenvalue weighted by molar-refractivity contribution is -0.133. The number of carboxylic acids is 1. The molecule has 1 unspecified atom stereocenters. The Kier molecular flexibility index (Phi) is 3.65. The fourth-order valence-electron chi connectivity index (χ4n) is 2.44. The summed E-state index contributed by atoms with van der Waals surface area (Å²) in [6, 6.07) is 3.78. The number of aromatic nitrogens is 3. The Balaban J connectivity index is 1.91. The van der Waals surface area contributed by atoms with Crippen LogP contribution in [-0.2, 0) is 11.3 Å². The average Bonchev–Trinajstić information content (AvgIpc) is 3.21. The third-order valence-corrected chi connectivity index (χ3v) is 4.65. The second kappa shape index (κ2) is 5.44. The van der Waals surface area contributed by atoms with Gasteiger partial charge in [-0.15, -0.1) is 0 Å². The Morgan fingerprint density at radius 2 is 2.40 bits per heavy atom. The molecule has 1 atom stereocenters. The smallest absolute Gasteiger partial charge is 0.313 e. The summed E-state index contributed by atoms with van der Waals surface area (Å²) in [6.45, 7) is 3.11. The van der Waals surface area contributed by atoms with E-state index < -0.39 is 5.97 Å². The fraction of sp³-hybridized carbons (Fsp3) is 0.500. The van der Waals surface area contributed by atoms with E-state index in [-0.39, 0.29) is 5.75 Å². The zero-order chi connectivity index (χ0) is 14.1. The summed E-state index contributed by atoms with van der Waals surface area (Å²) >= 11 is 1.27. The molecule has 5 nitrogen and oxygen atoms in total. The van der Waals surface area contributed by atoms with E-state index >= 15 is 0 Å². The van der Waals surface area contributed by atoms with Crippen LogP contribution in [0.4, 0.5) is 0 Å². The topological polar surface area (TPSA) is 68.0 Å². The van der Waals surface area contributed by atoms with Gasteiger partial charge in [-0.2, -0.15) is 0 Å². The van der Waals surface area contributed by atoms with Crippen LogP contribution in [0.2, 0.25) is 0 Å². The maximum atomic E-state index is 10.8. The largest absolute Gasteiger partial charge is 0.481 e. The number of carbonyl (C=O) groups is 1. The first-order valence-electron chi connectivity index (χ1n) is 6.81. The van der Waals surface area contributed by atoms with Crippen molar-refractivity contribution in [2.45, 2.75) is 31.5 Å².